The minimum atomic E-state index is -2.63. The smallest absolute Gasteiger partial charge is 0.156 e. The Labute approximate surface area is 383 Å². The van der Waals surface area contributed by atoms with E-state index in [1.54, 1.807) is 5.20 Å². The lowest BCUT2D eigenvalue weighted by Gasteiger charge is -2.48. The number of benzene rings is 4. The molecule has 4 heteroatoms. The Balaban J connectivity index is 1.15. The molecule has 0 radical (unpaired) electrons. The second-order valence-electron chi connectivity index (χ2n) is 18.2. The van der Waals surface area contributed by atoms with Gasteiger partial charge >= 0.3 is 0 Å². The minimum absolute atomic E-state index is 0.220. The van der Waals surface area contributed by atoms with E-state index in [9.17, 15) is 0 Å². The SMILES string of the molecule is CC1=C(c2nc(C3=CC=CC([Si](C4=CCCC=C4)(c4ccccc4)C4C=CC=CC4)C3C)cc(-c3cccc([Si](c4ccccc4)(c4ccccc4)C4C=CC=CC4)c3)n2)CCC=C1. The van der Waals surface area contributed by atoms with Crippen LogP contribution in [0.5, 0.6) is 0 Å². The first-order valence-corrected chi connectivity index (χ1v) is 27.8. The molecule has 0 fully saturated rings. The van der Waals surface area contributed by atoms with Crippen molar-refractivity contribution in [3.63, 3.8) is 0 Å². The number of allylic oxidation sites excluding steroid dienone is 20. The van der Waals surface area contributed by atoms with Crippen molar-refractivity contribution in [3.8, 4) is 11.3 Å². The van der Waals surface area contributed by atoms with E-state index in [-0.39, 0.29) is 5.92 Å². The summed E-state index contributed by atoms with van der Waals surface area (Å²) in [6, 6.07) is 46.1. The molecule has 1 aromatic heterocycles. The standard InChI is InChI=1S/C60H58N2Si2/c1-45-25-21-22-40-55(45)60-61-57(47-26-23-39-54(43-47)63(48-27-9-3-10-28-48,49-29-11-4-12-30-49)50-31-13-5-14-32-50)44-58(62-60)56-41-24-42-59(46(56)2)64(51-33-15-6-16-34-51,52-35-17-7-18-36-52)53-37-19-8-20-38-53/h3-7,9-19,21,23-31,33-35,37-39,41-44,46,50,52,59H,8,20,22,32,36,40H2,1-2H3. The van der Waals surface area contributed by atoms with Crippen LogP contribution >= 0.6 is 0 Å². The van der Waals surface area contributed by atoms with Gasteiger partial charge in [-0.3, -0.25) is 0 Å². The molecule has 5 aromatic rings. The summed E-state index contributed by atoms with van der Waals surface area (Å²) in [4.78, 5) is 11.2. The van der Waals surface area contributed by atoms with Crippen LogP contribution in [0.3, 0.4) is 0 Å². The lowest BCUT2D eigenvalue weighted by molar-refractivity contribution is 0.716. The van der Waals surface area contributed by atoms with Gasteiger partial charge in [-0.1, -0.05) is 230 Å². The highest BCUT2D eigenvalue weighted by atomic mass is 28.3. The molecule has 5 aliphatic rings. The Hall–Kier alpha value is -6.21. The molecular weight excluding hydrogens is 805 g/mol. The van der Waals surface area contributed by atoms with Gasteiger partial charge in [0.1, 0.15) is 8.07 Å². The Morgan fingerprint density at radius 3 is 1.83 bits per heavy atom. The summed E-state index contributed by atoms with van der Waals surface area (Å²) in [5.74, 6) is 1.08. The van der Waals surface area contributed by atoms with Gasteiger partial charge in [0.05, 0.1) is 11.4 Å². The van der Waals surface area contributed by atoms with Gasteiger partial charge in [0, 0.05) is 5.56 Å². The van der Waals surface area contributed by atoms with Gasteiger partial charge in [0.15, 0.2) is 13.9 Å². The molecular formula is C60H58N2Si2. The average molecular weight is 863 g/mol. The van der Waals surface area contributed by atoms with E-state index in [1.165, 1.54) is 37.5 Å². The summed E-state index contributed by atoms with van der Waals surface area (Å²) in [6.07, 6.45) is 44.4. The van der Waals surface area contributed by atoms with Crippen LogP contribution in [-0.4, -0.2) is 26.1 Å². The Bertz CT molecular complexity index is 2780. The van der Waals surface area contributed by atoms with E-state index in [2.05, 4.69) is 232 Å². The van der Waals surface area contributed by atoms with Gasteiger partial charge in [0.25, 0.3) is 0 Å². The Morgan fingerprint density at radius 1 is 0.547 bits per heavy atom. The van der Waals surface area contributed by atoms with Gasteiger partial charge in [-0.15, -0.1) is 0 Å². The fraction of sp³-hybridized carbons (Fsp3) is 0.200. The van der Waals surface area contributed by atoms with Crippen molar-refractivity contribution >= 4 is 48.0 Å². The zero-order valence-electron chi connectivity index (χ0n) is 37.2. The lowest BCUT2D eigenvalue weighted by Crippen LogP contribution is -2.69. The maximum absolute atomic E-state index is 5.61. The zero-order chi connectivity index (χ0) is 43.4. The molecule has 0 saturated carbocycles. The van der Waals surface area contributed by atoms with Crippen LogP contribution < -0.4 is 20.7 Å². The van der Waals surface area contributed by atoms with Crippen LogP contribution in [-0.2, 0) is 0 Å². The first kappa shape index (κ1) is 41.8. The highest BCUT2D eigenvalue weighted by Gasteiger charge is 2.52. The van der Waals surface area contributed by atoms with E-state index in [1.807, 2.05) is 0 Å². The van der Waals surface area contributed by atoms with Crippen molar-refractivity contribution in [2.24, 2.45) is 5.92 Å². The molecule has 5 atom stereocenters. The quantitative estimate of drug-likeness (QED) is 0.0977. The van der Waals surface area contributed by atoms with Crippen LogP contribution in [0.1, 0.15) is 63.9 Å². The highest BCUT2D eigenvalue weighted by Crippen LogP contribution is 2.52. The molecule has 4 aromatic carbocycles. The van der Waals surface area contributed by atoms with Crippen LogP contribution in [0.2, 0.25) is 16.6 Å². The van der Waals surface area contributed by atoms with Crippen molar-refractivity contribution in [2.75, 3.05) is 0 Å². The molecule has 0 spiro atoms. The predicted molar refractivity (Wildman–Crippen MR) is 278 cm³/mol. The van der Waals surface area contributed by atoms with Gasteiger partial charge in [0.2, 0.25) is 0 Å². The van der Waals surface area contributed by atoms with Crippen LogP contribution in [0, 0.1) is 5.92 Å². The molecule has 10 rings (SSSR count). The third kappa shape index (κ3) is 7.57. The fourth-order valence-corrected chi connectivity index (χ4v) is 23.5. The van der Waals surface area contributed by atoms with E-state index in [0.29, 0.717) is 16.6 Å². The van der Waals surface area contributed by atoms with Crippen molar-refractivity contribution in [1.29, 1.82) is 0 Å². The molecule has 0 aliphatic heterocycles. The maximum Gasteiger partial charge on any atom is 0.156 e. The van der Waals surface area contributed by atoms with E-state index in [0.717, 1.165) is 61.3 Å². The lowest BCUT2D eigenvalue weighted by atomic mass is 9.89. The predicted octanol–water partition coefficient (Wildman–Crippen LogP) is 12.6. The second-order valence-corrected chi connectivity index (χ2v) is 26.6. The van der Waals surface area contributed by atoms with Gasteiger partial charge in [-0.2, -0.15) is 0 Å². The van der Waals surface area contributed by atoms with Gasteiger partial charge in [-0.05, 0) is 106 Å². The van der Waals surface area contributed by atoms with Crippen LogP contribution in [0.4, 0.5) is 0 Å². The first-order valence-electron chi connectivity index (χ1n) is 23.5. The van der Waals surface area contributed by atoms with Crippen molar-refractivity contribution in [3.05, 3.63) is 241 Å². The van der Waals surface area contributed by atoms with Gasteiger partial charge in [-0.25, -0.2) is 9.97 Å². The van der Waals surface area contributed by atoms with Crippen LogP contribution in [0.15, 0.2) is 229 Å². The molecule has 0 bridgehead atoms. The fourth-order valence-electron chi connectivity index (χ4n) is 11.8. The zero-order valence-corrected chi connectivity index (χ0v) is 39.2. The normalized spacial score (nSPS) is 22.6. The molecule has 5 aliphatic carbocycles. The van der Waals surface area contributed by atoms with Crippen molar-refractivity contribution < 1.29 is 0 Å². The average Bonchev–Trinajstić information content (AvgIpc) is 3.37. The number of aromatic nitrogens is 2. The monoisotopic (exact) mass is 862 g/mol. The summed E-state index contributed by atoms with van der Waals surface area (Å²) < 4.78 is 0. The van der Waals surface area contributed by atoms with Crippen molar-refractivity contribution in [1.82, 2.24) is 9.97 Å². The second kappa shape index (κ2) is 18.5. The molecule has 0 N–H and O–H groups in total. The number of rotatable bonds is 11. The first-order chi connectivity index (χ1) is 31.6. The Morgan fingerprint density at radius 2 is 1.19 bits per heavy atom. The third-order valence-corrected chi connectivity index (χ3v) is 26.0. The number of nitrogens with zero attached hydrogens (tertiary/aromatic N) is 2. The third-order valence-electron chi connectivity index (χ3n) is 14.7. The Kier molecular flexibility index (Phi) is 12.1. The minimum Gasteiger partial charge on any atom is -0.229 e. The van der Waals surface area contributed by atoms with Crippen molar-refractivity contribution in [2.45, 2.75) is 69.0 Å². The number of hydrogen-bond acceptors (Lipinski definition) is 2. The van der Waals surface area contributed by atoms with Crippen LogP contribution in [0.25, 0.3) is 22.4 Å². The molecule has 64 heavy (non-hydrogen) atoms. The molecule has 5 unspecified atom stereocenters. The van der Waals surface area contributed by atoms with Gasteiger partial charge < -0.3 is 0 Å². The molecule has 316 valence electrons. The molecule has 0 amide bonds. The van der Waals surface area contributed by atoms with E-state index >= 15 is 0 Å². The molecule has 2 nitrogen and oxygen atoms in total. The molecule has 0 saturated heterocycles. The summed E-state index contributed by atoms with van der Waals surface area (Å²) in [5, 5.41) is 7.35. The summed E-state index contributed by atoms with van der Waals surface area (Å²) >= 11 is 0. The van der Waals surface area contributed by atoms with E-state index < -0.39 is 16.1 Å². The largest absolute Gasteiger partial charge is 0.229 e. The molecule has 1 heterocycles. The highest BCUT2D eigenvalue weighted by molar-refractivity contribution is 7.12. The summed E-state index contributed by atoms with van der Waals surface area (Å²) in [6.45, 7) is 4.72. The topological polar surface area (TPSA) is 25.8 Å². The maximum atomic E-state index is 5.61. The number of hydrogen-bond donors (Lipinski definition) is 0. The van der Waals surface area contributed by atoms with E-state index in [4.69, 9.17) is 9.97 Å². The summed E-state index contributed by atoms with van der Waals surface area (Å²) in [5.41, 5.74) is 8.08. The summed E-state index contributed by atoms with van der Waals surface area (Å²) in [7, 11) is -5.14.